The van der Waals surface area contributed by atoms with Crippen molar-refractivity contribution in [1.82, 2.24) is 5.06 Å². The number of hydrogen-bond acceptors (Lipinski definition) is 4. The summed E-state index contributed by atoms with van der Waals surface area (Å²) in [5.41, 5.74) is 6.74. The molecule has 4 nitrogen and oxygen atoms in total. The Hall–Kier alpha value is -1.55. The van der Waals surface area contributed by atoms with E-state index in [1.54, 1.807) is 29.3 Å². The molecule has 0 unspecified atom stereocenters. The van der Waals surface area contributed by atoms with Gasteiger partial charge in [0.25, 0.3) is 0 Å². The lowest BCUT2D eigenvalue weighted by Crippen LogP contribution is -2.32. The van der Waals surface area contributed by atoms with Crippen molar-refractivity contribution < 1.29 is 9.63 Å². The fraction of sp³-hybridized carbons (Fsp3) is 0.417. The molecule has 1 fully saturated rings. The van der Waals surface area contributed by atoms with Crippen LogP contribution in [0.2, 0.25) is 0 Å². The largest absolute Gasteiger partial charge is 0.399 e. The van der Waals surface area contributed by atoms with Crippen LogP contribution in [-0.4, -0.2) is 24.1 Å². The molecule has 1 aliphatic heterocycles. The van der Waals surface area contributed by atoms with Crippen molar-refractivity contribution in [3.05, 3.63) is 29.8 Å². The maximum atomic E-state index is 11.7. The number of piperidine rings is 1. The minimum absolute atomic E-state index is 0.304. The minimum atomic E-state index is -0.304. The highest BCUT2D eigenvalue weighted by atomic mass is 16.7. The van der Waals surface area contributed by atoms with Crippen molar-refractivity contribution >= 4 is 11.7 Å². The molecule has 4 heteroatoms. The molecule has 2 N–H and O–H groups in total. The summed E-state index contributed by atoms with van der Waals surface area (Å²) >= 11 is 0. The van der Waals surface area contributed by atoms with E-state index in [0.29, 0.717) is 11.3 Å². The highest BCUT2D eigenvalue weighted by Gasteiger charge is 2.16. The Morgan fingerprint density at radius 3 is 2.38 bits per heavy atom. The van der Waals surface area contributed by atoms with E-state index in [-0.39, 0.29) is 5.97 Å². The molecule has 2 rings (SSSR count). The van der Waals surface area contributed by atoms with Gasteiger partial charge in [-0.1, -0.05) is 6.42 Å². The minimum Gasteiger partial charge on any atom is -0.399 e. The maximum absolute atomic E-state index is 11.7. The van der Waals surface area contributed by atoms with E-state index in [9.17, 15) is 4.79 Å². The Bertz CT molecular complexity index is 356. The number of carbonyl (C=O) groups excluding carboxylic acids is 1. The smallest absolute Gasteiger partial charge is 0.357 e. The van der Waals surface area contributed by atoms with Gasteiger partial charge in [0.15, 0.2) is 0 Å². The summed E-state index contributed by atoms with van der Waals surface area (Å²) in [6.45, 7) is 1.67. The third-order valence-electron chi connectivity index (χ3n) is 2.67. The number of rotatable bonds is 2. The SMILES string of the molecule is Nc1ccc(C(=O)ON2CCCCC2)cc1. The van der Waals surface area contributed by atoms with Gasteiger partial charge in [-0.05, 0) is 37.1 Å². The van der Waals surface area contributed by atoms with Crippen LogP contribution in [0.1, 0.15) is 29.6 Å². The Morgan fingerprint density at radius 1 is 1.12 bits per heavy atom. The second-order valence-electron chi connectivity index (χ2n) is 3.99. The van der Waals surface area contributed by atoms with E-state index in [4.69, 9.17) is 10.6 Å². The van der Waals surface area contributed by atoms with Gasteiger partial charge in [-0.15, -0.1) is 5.06 Å². The summed E-state index contributed by atoms with van der Waals surface area (Å²) in [6, 6.07) is 6.77. The van der Waals surface area contributed by atoms with Crippen LogP contribution in [0.25, 0.3) is 0 Å². The van der Waals surface area contributed by atoms with Crippen LogP contribution < -0.4 is 5.73 Å². The van der Waals surface area contributed by atoms with Gasteiger partial charge in [0.1, 0.15) is 0 Å². The van der Waals surface area contributed by atoms with Gasteiger partial charge in [-0.3, -0.25) is 0 Å². The van der Waals surface area contributed by atoms with E-state index in [1.807, 2.05) is 0 Å². The Labute approximate surface area is 94.9 Å². The number of anilines is 1. The quantitative estimate of drug-likeness (QED) is 0.772. The zero-order valence-electron chi connectivity index (χ0n) is 9.19. The fourth-order valence-corrected chi connectivity index (χ4v) is 1.75. The first kappa shape index (κ1) is 11.0. The van der Waals surface area contributed by atoms with Crippen LogP contribution in [0, 0.1) is 0 Å². The summed E-state index contributed by atoms with van der Waals surface area (Å²) in [6.07, 6.45) is 3.40. The molecule has 0 aliphatic carbocycles. The number of nitrogen functional groups attached to an aromatic ring is 1. The summed E-state index contributed by atoms with van der Waals surface area (Å²) in [4.78, 5) is 17.0. The first-order valence-electron chi connectivity index (χ1n) is 5.58. The molecule has 0 spiro atoms. The second-order valence-corrected chi connectivity index (χ2v) is 3.99. The highest BCUT2D eigenvalue weighted by molar-refractivity contribution is 5.89. The van der Waals surface area contributed by atoms with Crippen molar-refractivity contribution in [2.45, 2.75) is 19.3 Å². The van der Waals surface area contributed by atoms with Crippen LogP contribution in [0.3, 0.4) is 0 Å². The standard InChI is InChI=1S/C12H16N2O2/c13-11-6-4-10(5-7-11)12(15)16-14-8-2-1-3-9-14/h4-7H,1-3,8-9,13H2. The molecule has 0 saturated carbocycles. The Morgan fingerprint density at radius 2 is 1.75 bits per heavy atom. The lowest BCUT2D eigenvalue weighted by Gasteiger charge is -2.24. The summed E-state index contributed by atoms with van der Waals surface area (Å²) in [5.74, 6) is -0.304. The fourth-order valence-electron chi connectivity index (χ4n) is 1.75. The van der Waals surface area contributed by atoms with Crippen molar-refractivity contribution in [1.29, 1.82) is 0 Å². The highest BCUT2D eigenvalue weighted by Crippen LogP contribution is 2.12. The monoisotopic (exact) mass is 220 g/mol. The normalized spacial score (nSPS) is 17.0. The van der Waals surface area contributed by atoms with Gasteiger partial charge in [-0.25, -0.2) is 4.79 Å². The van der Waals surface area contributed by atoms with Crippen LogP contribution in [0.5, 0.6) is 0 Å². The second kappa shape index (κ2) is 4.99. The number of hydrogen-bond donors (Lipinski definition) is 1. The van der Waals surface area contributed by atoms with Gasteiger partial charge in [0.2, 0.25) is 0 Å². The molecular formula is C12H16N2O2. The Balaban J connectivity index is 1.94. The maximum Gasteiger partial charge on any atom is 0.357 e. The van der Waals surface area contributed by atoms with E-state index in [2.05, 4.69) is 0 Å². The average molecular weight is 220 g/mol. The number of carbonyl (C=O) groups is 1. The van der Waals surface area contributed by atoms with Gasteiger partial charge in [0.05, 0.1) is 5.56 Å². The number of hydroxylamine groups is 2. The average Bonchev–Trinajstić information content (AvgIpc) is 2.31. The molecule has 16 heavy (non-hydrogen) atoms. The number of benzene rings is 1. The molecule has 0 atom stereocenters. The molecule has 0 bridgehead atoms. The number of nitrogens with zero attached hydrogens (tertiary/aromatic N) is 1. The van der Waals surface area contributed by atoms with Gasteiger partial charge < -0.3 is 10.6 Å². The zero-order valence-corrected chi connectivity index (χ0v) is 9.19. The molecule has 1 saturated heterocycles. The van der Waals surface area contributed by atoms with Crippen LogP contribution in [-0.2, 0) is 4.84 Å². The van der Waals surface area contributed by atoms with E-state index in [0.717, 1.165) is 25.9 Å². The predicted octanol–water partition coefficient (Wildman–Crippen LogP) is 1.83. The Kier molecular flexibility index (Phi) is 3.41. The number of nitrogens with two attached hydrogens (primary N) is 1. The van der Waals surface area contributed by atoms with Crippen LogP contribution in [0.4, 0.5) is 5.69 Å². The van der Waals surface area contributed by atoms with Crippen molar-refractivity contribution in [3.63, 3.8) is 0 Å². The van der Waals surface area contributed by atoms with Gasteiger partial charge >= 0.3 is 5.97 Å². The zero-order chi connectivity index (χ0) is 11.4. The van der Waals surface area contributed by atoms with Crippen molar-refractivity contribution in [3.8, 4) is 0 Å². The first-order valence-corrected chi connectivity index (χ1v) is 5.58. The topological polar surface area (TPSA) is 55.6 Å². The molecule has 0 radical (unpaired) electrons. The van der Waals surface area contributed by atoms with Crippen molar-refractivity contribution in [2.24, 2.45) is 0 Å². The van der Waals surface area contributed by atoms with Crippen LogP contribution >= 0.6 is 0 Å². The lowest BCUT2D eigenvalue weighted by molar-refractivity contribution is -0.119. The van der Waals surface area contributed by atoms with Crippen LogP contribution in [0.15, 0.2) is 24.3 Å². The van der Waals surface area contributed by atoms with E-state index >= 15 is 0 Å². The first-order chi connectivity index (χ1) is 7.75. The summed E-state index contributed by atoms with van der Waals surface area (Å²) in [7, 11) is 0. The van der Waals surface area contributed by atoms with Gasteiger partial charge in [-0.2, -0.15) is 0 Å². The lowest BCUT2D eigenvalue weighted by atomic mass is 10.2. The summed E-state index contributed by atoms with van der Waals surface area (Å²) < 4.78 is 0. The molecule has 1 aliphatic rings. The molecule has 0 amide bonds. The summed E-state index contributed by atoms with van der Waals surface area (Å²) in [5, 5.41) is 1.74. The third kappa shape index (κ3) is 2.73. The predicted molar refractivity (Wildman–Crippen MR) is 61.7 cm³/mol. The molecule has 86 valence electrons. The molecule has 1 aromatic rings. The van der Waals surface area contributed by atoms with E-state index < -0.39 is 0 Å². The van der Waals surface area contributed by atoms with Gasteiger partial charge in [0, 0.05) is 18.8 Å². The third-order valence-corrected chi connectivity index (χ3v) is 2.67. The molecule has 0 aromatic heterocycles. The van der Waals surface area contributed by atoms with Crippen molar-refractivity contribution in [2.75, 3.05) is 18.8 Å². The molecular weight excluding hydrogens is 204 g/mol. The van der Waals surface area contributed by atoms with E-state index in [1.165, 1.54) is 6.42 Å². The molecule has 1 aromatic carbocycles. The molecule has 1 heterocycles.